The van der Waals surface area contributed by atoms with Crippen molar-refractivity contribution in [2.75, 3.05) is 0 Å². The average molecular weight is 338 g/mol. The van der Waals surface area contributed by atoms with Crippen molar-refractivity contribution in [2.45, 2.75) is 58.1 Å². The van der Waals surface area contributed by atoms with Crippen molar-refractivity contribution in [1.82, 2.24) is 10.6 Å². The van der Waals surface area contributed by atoms with Gasteiger partial charge in [-0.3, -0.25) is 10.1 Å². The topological polar surface area (TPSA) is 84.5 Å². The fraction of sp³-hybridized carbons (Fsp3) is 0.562. The second kappa shape index (κ2) is 8.10. The van der Waals surface area contributed by atoms with Gasteiger partial charge in [-0.25, -0.2) is 9.59 Å². The quantitative estimate of drug-likeness (QED) is 0.827. The Bertz CT molecular complexity index is 578. The summed E-state index contributed by atoms with van der Waals surface area (Å²) < 4.78 is 5.11. The van der Waals surface area contributed by atoms with Crippen LogP contribution < -0.4 is 10.6 Å². The molecule has 0 spiro atoms. The summed E-state index contributed by atoms with van der Waals surface area (Å²) in [7, 11) is 0. The number of carbonyl (C=O) groups excluding carboxylic acids is 3. The maximum absolute atomic E-state index is 12.0. The van der Waals surface area contributed by atoms with Crippen LogP contribution >= 0.6 is 11.3 Å². The highest BCUT2D eigenvalue weighted by Gasteiger charge is 2.23. The molecule has 2 rings (SSSR count). The van der Waals surface area contributed by atoms with Gasteiger partial charge in [-0.15, -0.1) is 11.3 Å². The van der Waals surface area contributed by atoms with Crippen LogP contribution in [0, 0.1) is 6.92 Å². The fourth-order valence-electron chi connectivity index (χ4n) is 2.53. The molecule has 6 nitrogen and oxygen atoms in total. The summed E-state index contributed by atoms with van der Waals surface area (Å²) in [6.07, 6.45) is 4.21. The molecule has 2 N–H and O–H groups in total. The number of aryl methyl sites for hydroxylation is 1. The van der Waals surface area contributed by atoms with Crippen molar-refractivity contribution in [1.29, 1.82) is 0 Å². The van der Waals surface area contributed by atoms with E-state index in [9.17, 15) is 14.4 Å². The van der Waals surface area contributed by atoms with E-state index < -0.39 is 24.0 Å². The van der Waals surface area contributed by atoms with Gasteiger partial charge in [0.2, 0.25) is 0 Å². The first kappa shape index (κ1) is 17.5. The molecule has 1 heterocycles. The molecule has 1 atom stereocenters. The van der Waals surface area contributed by atoms with Crippen LogP contribution in [0.5, 0.6) is 0 Å². The lowest BCUT2D eigenvalue weighted by molar-refractivity contribution is -0.127. The third kappa shape index (κ3) is 5.06. The number of hydrogen-bond acceptors (Lipinski definition) is 5. The van der Waals surface area contributed by atoms with Crippen LogP contribution in [0.1, 0.15) is 54.3 Å². The van der Waals surface area contributed by atoms with Gasteiger partial charge < -0.3 is 10.1 Å². The Morgan fingerprint density at radius 3 is 2.57 bits per heavy atom. The Morgan fingerprint density at radius 1 is 1.26 bits per heavy atom. The summed E-state index contributed by atoms with van der Waals surface area (Å²) in [6, 6.07) is 1.39. The van der Waals surface area contributed by atoms with Gasteiger partial charge in [-0.1, -0.05) is 19.3 Å². The second-order valence-electron chi connectivity index (χ2n) is 5.78. The molecule has 1 fully saturated rings. The number of rotatable bonds is 4. The highest BCUT2D eigenvalue weighted by molar-refractivity contribution is 7.12. The third-order valence-electron chi connectivity index (χ3n) is 3.88. The van der Waals surface area contributed by atoms with Crippen molar-refractivity contribution < 1.29 is 19.1 Å². The van der Waals surface area contributed by atoms with Crippen LogP contribution in [0.2, 0.25) is 0 Å². The van der Waals surface area contributed by atoms with E-state index in [0.717, 1.165) is 31.2 Å². The Morgan fingerprint density at radius 2 is 1.96 bits per heavy atom. The van der Waals surface area contributed by atoms with E-state index >= 15 is 0 Å². The minimum atomic E-state index is -1.03. The van der Waals surface area contributed by atoms with Crippen LogP contribution in [-0.4, -0.2) is 30.1 Å². The van der Waals surface area contributed by atoms with Crippen molar-refractivity contribution in [2.24, 2.45) is 0 Å². The molecule has 0 unspecified atom stereocenters. The molecule has 0 saturated heterocycles. The van der Waals surface area contributed by atoms with Gasteiger partial charge in [0, 0.05) is 6.04 Å². The van der Waals surface area contributed by atoms with Crippen LogP contribution in [0.3, 0.4) is 0 Å². The molecular weight excluding hydrogens is 316 g/mol. The molecule has 1 aliphatic rings. The number of ether oxygens (including phenoxy) is 1. The molecule has 7 heteroatoms. The average Bonchev–Trinajstić information content (AvgIpc) is 2.94. The number of thiophene rings is 1. The zero-order chi connectivity index (χ0) is 16.8. The summed E-state index contributed by atoms with van der Waals surface area (Å²) in [5.41, 5.74) is 0.808. The van der Waals surface area contributed by atoms with Crippen LogP contribution in [0.25, 0.3) is 0 Å². The highest BCUT2D eigenvalue weighted by Crippen LogP contribution is 2.18. The zero-order valence-electron chi connectivity index (χ0n) is 13.4. The standard InChI is InChI=1S/C16H22N2O4S/c1-10-8-9-23-13(10)15(20)22-11(2)14(19)18-16(21)17-12-6-4-3-5-7-12/h8-9,11-12H,3-7H2,1-2H3,(H2,17,18,19,21)/t11-/m1/s1. The van der Waals surface area contributed by atoms with Gasteiger partial charge in [0.1, 0.15) is 4.88 Å². The summed E-state index contributed by atoms with van der Waals surface area (Å²) >= 11 is 1.26. The Hall–Kier alpha value is -1.89. The third-order valence-corrected chi connectivity index (χ3v) is 4.87. The monoisotopic (exact) mass is 338 g/mol. The number of imide groups is 1. The number of esters is 1. The first-order valence-electron chi connectivity index (χ1n) is 7.84. The molecule has 1 aromatic heterocycles. The Balaban J connectivity index is 1.79. The molecule has 23 heavy (non-hydrogen) atoms. The molecule has 1 saturated carbocycles. The Kier molecular flexibility index (Phi) is 6.15. The smallest absolute Gasteiger partial charge is 0.349 e. The van der Waals surface area contributed by atoms with Crippen LogP contribution in [-0.2, 0) is 9.53 Å². The van der Waals surface area contributed by atoms with Gasteiger partial charge in [0.05, 0.1) is 0 Å². The molecule has 3 amide bonds. The molecule has 1 aliphatic carbocycles. The summed E-state index contributed by atoms with van der Waals surface area (Å²) in [6.45, 7) is 3.25. The molecule has 0 bridgehead atoms. The molecule has 0 aromatic carbocycles. The molecule has 0 aliphatic heterocycles. The lowest BCUT2D eigenvalue weighted by Crippen LogP contribution is -2.48. The largest absolute Gasteiger partial charge is 0.448 e. The van der Waals surface area contributed by atoms with Crippen molar-refractivity contribution >= 4 is 29.2 Å². The second-order valence-corrected chi connectivity index (χ2v) is 6.69. The zero-order valence-corrected chi connectivity index (χ0v) is 14.2. The van der Waals surface area contributed by atoms with Crippen LogP contribution in [0.4, 0.5) is 4.79 Å². The van der Waals surface area contributed by atoms with Crippen molar-refractivity contribution in [3.05, 3.63) is 21.9 Å². The predicted molar refractivity (Wildman–Crippen MR) is 87.5 cm³/mol. The van der Waals surface area contributed by atoms with E-state index in [-0.39, 0.29) is 6.04 Å². The molecule has 1 aromatic rings. The van der Waals surface area contributed by atoms with Gasteiger partial charge in [-0.05, 0) is 43.7 Å². The number of hydrogen-bond donors (Lipinski definition) is 2. The lowest BCUT2D eigenvalue weighted by Gasteiger charge is -2.23. The van der Waals surface area contributed by atoms with Crippen molar-refractivity contribution in [3.63, 3.8) is 0 Å². The maximum Gasteiger partial charge on any atom is 0.349 e. The number of carbonyl (C=O) groups is 3. The lowest BCUT2D eigenvalue weighted by atomic mass is 9.96. The summed E-state index contributed by atoms with van der Waals surface area (Å²) in [5, 5.41) is 6.80. The predicted octanol–water partition coefficient (Wildman–Crippen LogP) is 2.76. The Labute approximate surface area is 139 Å². The molecule has 0 radical (unpaired) electrons. The van der Waals surface area contributed by atoms with Crippen molar-refractivity contribution in [3.8, 4) is 0 Å². The van der Waals surface area contributed by atoms with E-state index in [4.69, 9.17) is 4.74 Å². The van der Waals surface area contributed by atoms with E-state index in [2.05, 4.69) is 10.6 Å². The van der Waals surface area contributed by atoms with E-state index in [1.807, 2.05) is 6.07 Å². The fourth-order valence-corrected chi connectivity index (χ4v) is 3.34. The van der Waals surface area contributed by atoms with Gasteiger partial charge >= 0.3 is 12.0 Å². The summed E-state index contributed by atoms with van der Waals surface area (Å²) in [4.78, 5) is 36.2. The minimum absolute atomic E-state index is 0.114. The normalized spacial score (nSPS) is 16.4. The molecule has 126 valence electrons. The first-order valence-corrected chi connectivity index (χ1v) is 8.71. The van der Waals surface area contributed by atoms with E-state index in [1.54, 1.807) is 12.3 Å². The molecular formula is C16H22N2O4S. The van der Waals surface area contributed by atoms with E-state index in [1.165, 1.54) is 24.7 Å². The number of amides is 3. The summed E-state index contributed by atoms with van der Waals surface area (Å²) in [5.74, 6) is -1.17. The van der Waals surface area contributed by atoms with Gasteiger partial charge in [0.25, 0.3) is 5.91 Å². The van der Waals surface area contributed by atoms with Gasteiger partial charge in [0.15, 0.2) is 6.10 Å². The first-order chi connectivity index (χ1) is 11.0. The minimum Gasteiger partial charge on any atom is -0.448 e. The highest BCUT2D eigenvalue weighted by atomic mass is 32.1. The van der Waals surface area contributed by atoms with E-state index in [0.29, 0.717) is 4.88 Å². The number of urea groups is 1. The number of nitrogens with one attached hydrogen (secondary N) is 2. The van der Waals surface area contributed by atoms with Gasteiger partial charge in [-0.2, -0.15) is 0 Å². The maximum atomic E-state index is 12.0. The SMILES string of the molecule is Cc1ccsc1C(=O)O[C@H](C)C(=O)NC(=O)NC1CCCCC1. The van der Waals surface area contributed by atoms with Crippen LogP contribution in [0.15, 0.2) is 11.4 Å².